The van der Waals surface area contributed by atoms with Crippen LogP contribution in [0, 0.1) is 5.92 Å². The maximum Gasteiger partial charge on any atom is 0.229 e. The van der Waals surface area contributed by atoms with Crippen molar-refractivity contribution in [3.63, 3.8) is 0 Å². The number of carbonyl (C=O) groups is 1. The molecule has 2 N–H and O–H groups in total. The van der Waals surface area contributed by atoms with E-state index in [0.717, 1.165) is 30.8 Å². The number of ether oxygens (including phenoxy) is 1. The van der Waals surface area contributed by atoms with Gasteiger partial charge in [0.15, 0.2) is 0 Å². The minimum absolute atomic E-state index is 0. The molecule has 1 aromatic carbocycles. The topological polar surface area (TPSA) is 55.6 Å². The number of amides is 1. The molecule has 1 saturated heterocycles. The monoisotopic (exact) mass is 298 g/mol. The molecule has 0 spiro atoms. The van der Waals surface area contributed by atoms with Gasteiger partial charge in [-0.05, 0) is 43.5 Å². The number of nitrogens with zero attached hydrogens (tertiary/aromatic N) is 1. The molecule has 112 valence electrons. The standard InChI is InChI=1S/C15H22N2O2.ClH/c1-11(13-4-3-5-14(8-13)19-2)15(18)17-7-6-12(9-16)10-17;/h3-5,8,11-12H,6-7,9-10,16H2,1-2H3;1H. The summed E-state index contributed by atoms with van der Waals surface area (Å²) in [6.45, 7) is 4.24. The van der Waals surface area contributed by atoms with Crippen molar-refractivity contribution in [2.75, 3.05) is 26.7 Å². The third-order valence-electron chi connectivity index (χ3n) is 3.90. The summed E-state index contributed by atoms with van der Waals surface area (Å²) >= 11 is 0. The largest absolute Gasteiger partial charge is 0.497 e. The molecular weight excluding hydrogens is 276 g/mol. The molecule has 1 aliphatic heterocycles. The summed E-state index contributed by atoms with van der Waals surface area (Å²) in [5, 5.41) is 0. The number of methoxy groups -OCH3 is 1. The second-order valence-electron chi connectivity index (χ2n) is 5.17. The summed E-state index contributed by atoms with van der Waals surface area (Å²) in [6.07, 6.45) is 1.02. The van der Waals surface area contributed by atoms with Crippen LogP contribution >= 0.6 is 12.4 Å². The van der Waals surface area contributed by atoms with Crippen LogP contribution in [0.4, 0.5) is 0 Å². The highest BCUT2D eigenvalue weighted by Gasteiger charge is 2.28. The Morgan fingerprint density at radius 3 is 2.90 bits per heavy atom. The van der Waals surface area contributed by atoms with Gasteiger partial charge in [-0.1, -0.05) is 12.1 Å². The van der Waals surface area contributed by atoms with Gasteiger partial charge in [0.1, 0.15) is 5.75 Å². The molecule has 20 heavy (non-hydrogen) atoms. The number of benzene rings is 1. The Morgan fingerprint density at radius 2 is 2.30 bits per heavy atom. The molecule has 1 fully saturated rings. The summed E-state index contributed by atoms with van der Waals surface area (Å²) < 4.78 is 5.20. The zero-order chi connectivity index (χ0) is 13.8. The lowest BCUT2D eigenvalue weighted by molar-refractivity contribution is -0.131. The van der Waals surface area contributed by atoms with Crippen LogP contribution in [-0.4, -0.2) is 37.6 Å². The minimum atomic E-state index is -0.133. The van der Waals surface area contributed by atoms with Gasteiger partial charge in [0.05, 0.1) is 13.0 Å². The summed E-state index contributed by atoms with van der Waals surface area (Å²) in [7, 11) is 1.64. The highest BCUT2D eigenvalue weighted by Crippen LogP contribution is 2.25. The van der Waals surface area contributed by atoms with Crippen LogP contribution < -0.4 is 10.5 Å². The zero-order valence-corrected chi connectivity index (χ0v) is 12.9. The van der Waals surface area contributed by atoms with Gasteiger partial charge in [0.2, 0.25) is 5.91 Å². The van der Waals surface area contributed by atoms with Gasteiger partial charge in [-0.3, -0.25) is 4.79 Å². The lowest BCUT2D eigenvalue weighted by atomic mass is 9.99. The van der Waals surface area contributed by atoms with Crippen molar-refractivity contribution in [3.8, 4) is 5.75 Å². The Morgan fingerprint density at radius 1 is 1.55 bits per heavy atom. The van der Waals surface area contributed by atoms with Gasteiger partial charge in [0, 0.05) is 13.1 Å². The molecule has 1 heterocycles. The van der Waals surface area contributed by atoms with Gasteiger partial charge in [-0.25, -0.2) is 0 Å². The molecule has 0 bridgehead atoms. The first-order chi connectivity index (χ1) is 9.15. The lowest BCUT2D eigenvalue weighted by Gasteiger charge is -2.21. The molecule has 5 heteroatoms. The number of carbonyl (C=O) groups excluding carboxylic acids is 1. The normalized spacial score (nSPS) is 19.4. The van der Waals surface area contributed by atoms with Crippen LogP contribution in [0.25, 0.3) is 0 Å². The van der Waals surface area contributed by atoms with Crippen molar-refractivity contribution in [1.82, 2.24) is 4.90 Å². The lowest BCUT2D eigenvalue weighted by Crippen LogP contribution is -2.33. The van der Waals surface area contributed by atoms with Gasteiger partial charge in [-0.2, -0.15) is 0 Å². The fourth-order valence-corrected chi connectivity index (χ4v) is 2.55. The Hall–Kier alpha value is -1.26. The fraction of sp³-hybridized carbons (Fsp3) is 0.533. The summed E-state index contributed by atoms with van der Waals surface area (Å²) in [6, 6.07) is 7.71. The second-order valence-corrected chi connectivity index (χ2v) is 5.17. The second kappa shape index (κ2) is 7.50. The van der Waals surface area contributed by atoms with E-state index in [9.17, 15) is 4.79 Å². The third kappa shape index (κ3) is 3.64. The van der Waals surface area contributed by atoms with Crippen molar-refractivity contribution in [3.05, 3.63) is 29.8 Å². The smallest absolute Gasteiger partial charge is 0.229 e. The van der Waals surface area contributed by atoms with E-state index < -0.39 is 0 Å². The molecule has 2 atom stereocenters. The molecule has 1 aliphatic rings. The summed E-state index contributed by atoms with van der Waals surface area (Å²) in [5.41, 5.74) is 6.67. The van der Waals surface area contributed by atoms with Crippen LogP contribution in [0.1, 0.15) is 24.8 Å². The maximum absolute atomic E-state index is 12.5. The van der Waals surface area contributed by atoms with Crippen LogP contribution in [0.15, 0.2) is 24.3 Å². The van der Waals surface area contributed by atoms with Gasteiger partial charge in [-0.15, -0.1) is 12.4 Å². The fourth-order valence-electron chi connectivity index (χ4n) is 2.55. The van der Waals surface area contributed by atoms with E-state index in [1.54, 1.807) is 7.11 Å². The SMILES string of the molecule is COc1cccc(C(C)C(=O)N2CCC(CN)C2)c1.Cl. The molecule has 0 aromatic heterocycles. The molecule has 0 radical (unpaired) electrons. The molecule has 1 aromatic rings. The van der Waals surface area contributed by atoms with Crippen LogP contribution in [0.3, 0.4) is 0 Å². The van der Waals surface area contributed by atoms with Crippen molar-refractivity contribution in [2.24, 2.45) is 11.7 Å². The quantitative estimate of drug-likeness (QED) is 0.925. The van der Waals surface area contributed by atoms with Gasteiger partial charge >= 0.3 is 0 Å². The third-order valence-corrected chi connectivity index (χ3v) is 3.90. The Kier molecular flexibility index (Phi) is 6.30. The number of nitrogens with two attached hydrogens (primary N) is 1. The summed E-state index contributed by atoms with van der Waals surface area (Å²) in [4.78, 5) is 14.4. The van der Waals surface area contributed by atoms with Crippen LogP contribution in [0.5, 0.6) is 5.75 Å². The van der Waals surface area contributed by atoms with Crippen molar-refractivity contribution < 1.29 is 9.53 Å². The van der Waals surface area contributed by atoms with E-state index in [0.29, 0.717) is 12.5 Å². The first kappa shape index (κ1) is 16.8. The number of likely N-dealkylation sites (tertiary alicyclic amines) is 1. The predicted molar refractivity (Wildman–Crippen MR) is 82.4 cm³/mol. The maximum atomic E-state index is 12.5. The highest BCUT2D eigenvalue weighted by atomic mass is 35.5. The number of rotatable bonds is 4. The Labute approximate surface area is 126 Å². The average molecular weight is 299 g/mol. The van der Waals surface area contributed by atoms with Crippen LogP contribution in [0.2, 0.25) is 0 Å². The molecule has 4 nitrogen and oxygen atoms in total. The molecule has 0 saturated carbocycles. The van der Waals surface area contributed by atoms with E-state index in [1.165, 1.54) is 0 Å². The van der Waals surface area contributed by atoms with Crippen molar-refractivity contribution in [2.45, 2.75) is 19.3 Å². The molecule has 0 aliphatic carbocycles. The molecule has 1 amide bonds. The first-order valence-electron chi connectivity index (χ1n) is 6.78. The Bertz CT molecular complexity index is 453. The van der Waals surface area contributed by atoms with E-state index in [-0.39, 0.29) is 24.2 Å². The number of hydrogen-bond donors (Lipinski definition) is 1. The number of hydrogen-bond acceptors (Lipinski definition) is 3. The summed E-state index contributed by atoms with van der Waals surface area (Å²) in [5.74, 6) is 1.30. The van der Waals surface area contributed by atoms with E-state index in [1.807, 2.05) is 36.1 Å². The molecular formula is C15H23ClN2O2. The van der Waals surface area contributed by atoms with Crippen molar-refractivity contribution in [1.29, 1.82) is 0 Å². The van der Waals surface area contributed by atoms with Gasteiger partial charge in [0.25, 0.3) is 0 Å². The minimum Gasteiger partial charge on any atom is -0.497 e. The van der Waals surface area contributed by atoms with E-state index in [2.05, 4.69) is 0 Å². The van der Waals surface area contributed by atoms with Gasteiger partial charge < -0.3 is 15.4 Å². The average Bonchev–Trinajstić information content (AvgIpc) is 2.94. The Balaban J connectivity index is 0.00000200. The van der Waals surface area contributed by atoms with Crippen LogP contribution in [-0.2, 0) is 4.79 Å². The first-order valence-corrected chi connectivity index (χ1v) is 6.78. The van der Waals surface area contributed by atoms with E-state index >= 15 is 0 Å². The molecule has 2 rings (SSSR count). The van der Waals surface area contributed by atoms with E-state index in [4.69, 9.17) is 10.5 Å². The number of halogens is 1. The molecule has 2 unspecified atom stereocenters. The van der Waals surface area contributed by atoms with Crippen molar-refractivity contribution >= 4 is 18.3 Å². The highest BCUT2D eigenvalue weighted by molar-refractivity contribution is 5.85. The zero-order valence-electron chi connectivity index (χ0n) is 12.0. The predicted octanol–water partition coefficient (Wildman–Crippen LogP) is 2.03.